The van der Waals surface area contributed by atoms with Crippen molar-refractivity contribution in [3.8, 4) is 0 Å². The topological polar surface area (TPSA) is 88.4 Å². The minimum absolute atomic E-state index is 0.0276. The SMILES string of the molecule is CC[C@H](C)NC(=O)c1cccc(S(=O)(=O)NCc2ccco2)c1. The molecule has 2 aromatic rings. The van der Waals surface area contributed by atoms with Gasteiger partial charge >= 0.3 is 0 Å². The first-order valence-electron chi connectivity index (χ1n) is 7.35. The van der Waals surface area contributed by atoms with Gasteiger partial charge in [0.25, 0.3) is 5.91 Å². The van der Waals surface area contributed by atoms with Gasteiger partial charge in [0, 0.05) is 11.6 Å². The molecule has 0 saturated carbocycles. The number of hydrogen-bond acceptors (Lipinski definition) is 4. The van der Waals surface area contributed by atoms with Crippen LogP contribution >= 0.6 is 0 Å². The molecular weight excluding hydrogens is 316 g/mol. The molecule has 2 rings (SSSR count). The quantitative estimate of drug-likeness (QED) is 0.812. The maximum Gasteiger partial charge on any atom is 0.251 e. The second kappa shape index (κ2) is 7.43. The fraction of sp³-hybridized carbons (Fsp3) is 0.312. The average Bonchev–Trinajstić information content (AvgIpc) is 3.06. The molecular formula is C16H20N2O4S. The summed E-state index contributed by atoms with van der Waals surface area (Å²) in [5, 5.41) is 2.81. The van der Waals surface area contributed by atoms with Gasteiger partial charge in [0.05, 0.1) is 17.7 Å². The Hall–Kier alpha value is -2.12. The molecule has 0 fully saturated rings. The molecule has 0 unspecified atom stereocenters. The third-order valence-corrected chi connectivity index (χ3v) is 4.81. The lowest BCUT2D eigenvalue weighted by atomic mass is 10.2. The van der Waals surface area contributed by atoms with Crippen LogP contribution in [-0.2, 0) is 16.6 Å². The van der Waals surface area contributed by atoms with E-state index >= 15 is 0 Å². The largest absolute Gasteiger partial charge is 0.468 e. The van der Waals surface area contributed by atoms with E-state index in [1.54, 1.807) is 24.3 Å². The molecule has 0 bridgehead atoms. The Morgan fingerprint density at radius 1 is 1.26 bits per heavy atom. The molecule has 0 aliphatic heterocycles. The number of carbonyl (C=O) groups is 1. The maximum atomic E-state index is 12.3. The zero-order chi connectivity index (χ0) is 16.9. The van der Waals surface area contributed by atoms with Crippen LogP contribution in [0.3, 0.4) is 0 Å². The monoisotopic (exact) mass is 336 g/mol. The molecule has 1 atom stereocenters. The smallest absolute Gasteiger partial charge is 0.251 e. The molecule has 0 aliphatic rings. The van der Waals surface area contributed by atoms with Gasteiger partial charge in [0.2, 0.25) is 10.0 Å². The molecule has 7 heteroatoms. The number of amides is 1. The first-order valence-corrected chi connectivity index (χ1v) is 8.83. The van der Waals surface area contributed by atoms with E-state index in [2.05, 4.69) is 10.0 Å². The highest BCUT2D eigenvalue weighted by atomic mass is 32.2. The highest BCUT2D eigenvalue weighted by Crippen LogP contribution is 2.13. The molecule has 124 valence electrons. The average molecular weight is 336 g/mol. The fourth-order valence-corrected chi connectivity index (χ4v) is 2.92. The first kappa shape index (κ1) is 17.2. The zero-order valence-corrected chi connectivity index (χ0v) is 13.9. The molecule has 0 radical (unpaired) electrons. The minimum atomic E-state index is -3.72. The fourth-order valence-electron chi connectivity index (χ4n) is 1.88. The predicted molar refractivity (Wildman–Crippen MR) is 86.4 cm³/mol. The summed E-state index contributed by atoms with van der Waals surface area (Å²) in [6.45, 7) is 3.91. The van der Waals surface area contributed by atoms with Gasteiger partial charge in [-0.15, -0.1) is 0 Å². The van der Waals surface area contributed by atoms with Crippen molar-refractivity contribution in [1.29, 1.82) is 0 Å². The summed E-state index contributed by atoms with van der Waals surface area (Å²) in [5.74, 6) is 0.224. The van der Waals surface area contributed by atoms with Crippen LogP contribution in [0.15, 0.2) is 52.0 Å². The van der Waals surface area contributed by atoms with E-state index < -0.39 is 10.0 Å². The Balaban J connectivity index is 2.13. The first-order chi connectivity index (χ1) is 10.9. The Labute approximate surface area is 135 Å². The summed E-state index contributed by atoms with van der Waals surface area (Å²) in [6.07, 6.45) is 2.28. The Morgan fingerprint density at radius 3 is 2.70 bits per heavy atom. The number of carbonyl (C=O) groups excluding carboxylic acids is 1. The number of rotatable bonds is 7. The Morgan fingerprint density at radius 2 is 2.04 bits per heavy atom. The van der Waals surface area contributed by atoms with Crippen molar-refractivity contribution in [3.05, 3.63) is 54.0 Å². The Kier molecular flexibility index (Phi) is 5.57. The standard InChI is InChI=1S/C16H20N2O4S/c1-3-12(2)18-16(19)13-6-4-8-15(10-13)23(20,21)17-11-14-7-5-9-22-14/h4-10,12,17H,3,11H2,1-2H3,(H,18,19)/t12-/m0/s1. The lowest BCUT2D eigenvalue weighted by molar-refractivity contribution is 0.0939. The van der Waals surface area contributed by atoms with Gasteiger partial charge in [0.1, 0.15) is 5.76 Å². The summed E-state index contributed by atoms with van der Waals surface area (Å²) in [7, 11) is -3.72. The second-order valence-corrected chi connectivity index (χ2v) is 6.98. The van der Waals surface area contributed by atoms with E-state index in [1.807, 2.05) is 13.8 Å². The number of nitrogens with one attached hydrogen (secondary N) is 2. The van der Waals surface area contributed by atoms with E-state index in [9.17, 15) is 13.2 Å². The number of benzene rings is 1. The van der Waals surface area contributed by atoms with E-state index in [0.29, 0.717) is 11.3 Å². The van der Waals surface area contributed by atoms with E-state index in [4.69, 9.17) is 4.42 Å². The van der Waals surface area contributed by atoms with Gasteiger partial charge in [-0.05, 0) is 43.7 Å². The lowest BCUT2D eigenvalue weighted by Gasteiger charge is -2.12. The van der Waals surface area contributed by atoms with Gasteiger partial charge < -0.3 is 9.73 Å². The van der Waals surface area contributed by atoms with Crippen LogP contribution in [0.5, 0.6) is 0 Å². The second-order valence-electron chi connectivity index (χ2n) is 5.21. The van der Waals surface area contributed by atoms with Crippen molar-refractivity contribution in [2.24, 2.45) is 0 Å². The van der Waals surface area contributed by atoms with Crippen LogP contribution in [0, 0.1) is 0 Å². The molecule has 2 N–H and O–H groups in total. The van der Waals surface area contributed by atoms with Crippen molar-refractivity contribution in [1.82, 2.24) is 10.0 Å². The highest BCUT2D eigenvalue weighted by Gasteiger charge is 2.17. The van der Waals surface area contributed by atoms with Crippen molar-refractivity contribution in [2.45, 2.75) is 37.8 Å². The van der Waals surface area contributed by atoms with Crippen molar-refractivity contribution in [3.63, 3.8) is 0 Å². The summed E-state index contributed by atoms with van der Waals surface area (Å²) in [4.78, 5) is 12.1. The van der Waals surface area contributed by atoms with E-state index in [1.165, 1.54) is 18.4 Å². The molecule has 23 heavy (non-hydrogen) atoms. The van der Waals surface area contributed by atoms with Gasteiger partial charge in [0.15, 0.2) is 0 Å². The summed E-state index contributed by atoms with van der Waals surface area (Å²) in [6, 6.07) is 9.34. The third-order valence-electron chi connectivity index (χ3n) is 3.41. The van der Waals surface area contributed by atoms with Gasteiger partial charge in [-0.25, -0.2) is 13.1 Å². The minimum Gasteiger partial charge on any atom is -0.468 e. The van der Waals surface area contributed by atoms with Crippen LogP contribution in [-0.4, -0.2) is 20.4 Å². The summed E-state index contributed by atoms with van der Waals surface area (Å²) >= 11 is 0. The van der Waals surface area contributed by atoms with Gasteiger partial charge in [-0.2, -0.15) is 0 Å². The molecule has 1 aromatic heterocycles. The molecule has 1 amide bonds. The predicted octanol–water partition coefficient (Wildman–Crippen LogP) is 2.29. The van der Waals surface area contributed by atoms with Crippen molar-refractivity contribution in [2.75, 3.05) is 0 Å². The molecule has 0 spiro atoms. The number of hydrogen-bond donors (Lipinski definition) is 2. The van der Waals surface area contributed by atoms with Crippen LogP contribution in [0.4, 0.5) is 0 Å². The molecule has 6 nitrogen and oxygen atoms in total. The van der Waals surface area contributed by atoms with Crippen molar-refractivity contribution < 1.29 is 17.6 Å². The highest BCUT2D eigenvalue weighted by molar-refractivity contribution is 7.89. The molecule has 1 aromatic carbocycles. The summed E-state index contributed by atoms with van der Waals surface area (Å²) < 4.78 is 32.1. The summed E-state index contributed by atoms with van der Waals surface area (Å²) in [5.41, 5.74) is 0.311. The maximum absolute atomic E-state index is 12.3. The zero-order valence-electron chi connectivity index (χ0n) is 13.1. The number of furan rings is 1. The van der Waals surface area contributed by atoms with E-state index in [0.717, 1.165) is 6.42 Å². The third kappa shape index (κ3) is 4.67. The van der Waals surface area contributed by atoms with Gasteiger partial charge in [-0.1, -0.05) is 13.0 Å². The molecule has 0 saturated heterocycles. The molecule has 1 heterocycles. The van der Waals surface area contributed by atoms with Crippen LogP contribution in [0.1, 0.15) is 36.4 Å². The van der Waals surface area contributed by atoms with E-state index in [-0.39, 0.29) is 23.4 Å². The lowest BCUT2D eigenvalue weighted by Crippen LogP contribution is -2.32. The van der Waals surface area contributed by atoms with Crippen LogP contribution < -0.4 is 10.0 Å². The molecule has 0 aliphatic carbocycles. The Bertz CT molecular complexity index is 754. The van der Waals surface area contributed by atoms with Crippen LogP contribution in [0.2, 0.25) is 0 Å². The normalized spacial score (nSPS) is 12.8. The van der Waals surface area contributed by atoms with Crippen LogP contribution in [0.25, 0.3) is 0 Å². The number of sulfonamides is 1. The van der Waals surface area contributed by atoms with Gasteiger partial charge in [-0.3, -0.25) is 4.79 Å². The van der Waals surface area contributed by atoms with Crippen molar-refractivity contribution >= 4 is 15.9 Å².